The number of hydrogen-bond acceptors (Lipinski definition) is 0. The van der Waals surface area contributed by atoms with Crippen LogP contribution in [-0.2, 0) is 0 Å². The highest BCUT2D eigenvalue weighted by Gasteiger charge is 1.78. The van der Waals surface area contributed by atoms with Crippen molar-refractivity contribution in [2.75, 3.05) is 0 Å². The minimum absolute atomic E-state index is 0. The fourth-order valence-corrected chi connectivity index (χ4v) is 0.818. The van der Waals surface area contributed by atoms with Gasteiger partial charge in [0, 0.05) is 0 Å². The topological polar surface area (TPSA) is 0 Å². The van der Waals surface area contributed by atoms with Gasteiger partial charge in [-0.2, -0.15) is 0 Å². The van der Waals surface area contributed by atoms with E-state index in [2.05, 4.69) is 43.3 Å². The maximum absolute atomic E-state index is 2.16. The molecule has 1 aromatic rings. The molecule has 68 valence electrons. The molecule has 0 fully saturated rings. The first-order valence-corrected chi connectivity index (χ1v) is 3.65. The van der Waals surface area contributed by atoms with E-state index in [4.69, 9.17) is 0 Å². The Balaban J connectivity index is 0. The third-order valence-corrected chi connectivity index (χ3v) is 1.35. The van der Waals surface area contributed by atoms with Gasteiger partial charge in [0.25, 0.3) is 0 Å². The second-order valence-electron chi connectivity index (χ2n) is 2.22. The Kier molecular flexibility index (Phi) is 9.10. The van der Waals surface area contributed by atoms with Crippen LogP contribution in [0.4, 0.5) is 0 Å². The zero-order valence-electron chi connectivity index (χ0n) is 6.25. The molecule has 0 amide bonds. The van der Waals surface area contributed by atoms with E-state index in [0.29, 0.717) is 0 Å². The van der Waals surface area contributed by atoms with Gasteiger partial charge in [0.1, 0.15) is 0 Å². The van der Waals surface area contributed by atoms with E-state index in [0.717, 1.165) is 6.42 Å². The number of rotatable bonds is 2. The standard InChI is InChI=1S/C10H12.2CH4/c1-2-3-7-10-8-5-4-6-9-10;;/h3-9H,2H2,1H3;2*1H4/b7-3+;;. The smallest absolute Gasteiger partial charge is 0.0260 e. The first-order valence-electron chi connectivity index (χ1n) is 3.65. The van der Waals surface area contributed by atoms with Crippen LogP contribution in [-0.4, -0.2) is 0 Å². The van der Waals surface area contributed by atoms with Crippen molar-refractivity contribution in [2.24, 2.45) is 0 Å². The van der Waals surface area contributed by atoms with Gasteiger partial charge in [-0.15, -0.1) is 0 Å². The summed E-state index contributed by atoms with van der Waals surface area (Å²) in [6.45, 7) is 2.14. The molecule has 12 heavy (non-hydrogen) atoms. The molecule has 0 aromatic heterocycles. The zero-order chi connectivity index (χ0) is 7.23. The summed E-state index contributed by atoms with van der Waals surface area (Å²) in [5.74, 6) is 0. The fraction of sp³-hybridized carbons (Fsp3) is 0.333. The maximum Gasteiger partial charge on any atom is -0.0260 e. The van der Waals surface area contributed by atoms with Gasteiger partial charge >= 0.3 is 0 Å². The van der Waals surface area contributed by atoms with Crippen LogP contribution in [0.5, 0.6) is 0 Å². The Labute approximate surface area is 76.9 Å². The summed E-state index contributed by atoms with van der Waals surface area (Å²) in [5, 5.41) is 0. The summed E-state index contributed by atoms with van der Waals surface area (Å²) < 4.78 is 0. The quantitative estimate of drug-likeness (QED) is 0.608. The van der Waals surface area contributed by atoms with Crippen LogP contribution in [0.3, 0.4) is 0 Å². The average Bonchev–Trinajstić information content (AvgIpc) is 2.03. The van der Waals surface area contributed by atoms with Crippen molar-refractivity contribution in [3.05, 3.63) is 42.0 Å². The van der Waals surface area contributed by atoms with Crippen molar-refractivity contribution in [1.29, 1.82) is 0 Å². The van der Waals surface area contributed by atoms with Gasteiger partial charge in [-0.05, 0) is 12.0 Å². The van der Waals surface area contributed by atoms with E-state index in [1.165, 1.54) is 5.56 Å². The molecule has 0 heteroatoms. The Morgan fingerprint density at radius 2 is 1.67 bits per heavy atom. The monoisotopic (exact) mass is 164 g/mol. The van der Waals surface area contributed by atoms with Gasteiger partial charge < -0.3 is 0 Å². The van der Waals surface area contributed by atoms with E-state index >= 15 is 0 Å². The largest absolute Gasteiger partial charge is 0.0842 e. The van der Waals surface area contributed by atoms with Crippen molar-refractivity contribution in [3.63, 3.8) is 0 Å². The summed E-state index contributed by atoms with van der Waals surface area (Å²) in [4.78, 5) is 0. The second kappa shape index (κ2) is 8.06. The summed E-state index contributed by atoms with van der Waals surface area (Å²) in [5.41, 5.74) is 1.28. The van der Waals surface area contributed by atoms with E-state index < -0.39 is 0 Å². The van der Waals surface area contributed by atoms with Crippen LogP contribution >= 0.6 is 0 Å². The first-order chi connectivity index (χ1) is 4.93. The number of hydrogen-bond donors (Lipinski definition) is 0. The molecule has 0 heterocycles. The molecule has 0 spiro atoms. The molecule has 1 rings (SSSR count). The van der Waals surface area contributed by atoms with E-state index in [1.54, 1.807) is 0 Å². The predicted octanol–water partition coefficient (Wildman–Crippen LogP) is 4.38. The van der Waals surface area contributed by atoms with Gasteiger partial charge in [-0.1, -0.05) is 64.3 Å². The maximum atomic E-state index is 2.16. The third kappa shape index (κ3) is 4.73. The third-order valence-electron chi connectivity index (χ3n) is 1.35. The van der Waals surface area contributed by atoms with Crippen molar-refractivity contribution in [3.8, 4) is 0 Å². The van der Waals surface area contributed by atoms with Crippen LogP contribution in [0.15, 0.2) is 36.4 Å². The Morgan fingerprint density at radius 3 is 2.17 bits per heavy atom. The molecular weight excluding hydrogens is 144 g/mol. The average molecular weight is 164 g/mol. The lowest BCUT2D eigenvalue weighted by Gasteiger charge is -1.88. The van der Waals surface area contributed by atoms with Crippen LogP contribution in [0.2, 0.25) is 0 Å². The number of allylic oxidation sites excluding steroid dienone is 1. The minimum atomic E-state index is 0. The van der Waals surface area contributed by atoms with E-state index in [1.807, 2.05) is 6.07 Å². The summed E-state index contributed by atoms with van der Waals surface area (Å²) >= 11 is 0. The van der Waals surface area contributed by atoms with Crippen LogP contribution in [0, 0.1) is 0 Å². The van der Waals surface area contributed by atoms with Crippen molar-refractivity contribution < 1.29 is 0 Å². The molecule has 0 bridgehead atoms. The second-order valence-corrected chi connectivity index (χ2v) is 2.22. The number of benzene rings is 1. The molecule has 0 saturated carbocycles. The lowest BCUT2D eigenvalue weighted by atomic mass is 10.2. The van der Waals surface area contributed by atoms with Gasteiger partial charge in [0.2, 0.25) is 0 Å². The summed E-state index contributed by atoms with van der Waals surface area (Å²) in [6, 6.07) is 10.3. The molecule has 0 aliphatic heterocycles. The van der Waals surface area contributed by atoms with Gasteiger partial charge in [-0.3, -0.25) is 0 Å². The summed E-state index contributed by atoms with van der Waals surface area (Å²) in [7, 11) is 0. The Hall–Kier alpha value is -1.04. The van der Waals surface area contributed by atoms with E-state index in [9.17, 15) is 0 Å². The zero-order valence-corrected chi connectivity index (χ0v) is 6.25. The lowest BCUT2D eigenvalue weighted by Crippen LogP contribution is -1.66. The highest BCUT2D eigenvalue weighted by molar-refractivity contribution is 5.48. The Morgan fingerprint density at radius 1 is 1.08 bits per heavy atom. The molecule has 0 N–H and O–H groups in total. The van der Waals surface area contributed by atoms with Crippen molar-refractivity contribution in [1.82, 2.24) is 0 Å². The van der Waals surface area contributed by atoms with Gasteiger partial charge in [0.05, 0.1) is 0 Å². The normalized spacial score (nSPS) is 8.75. The highest BCUT2D eigenvalue weighted by Crippen LogP contribution is 2.00. The fourth-order valence-electron chi connectivity index (χ4n) is 0.818. The van der Waals surface area contributed by atoms with Crippen LogP contribution < -0.4 is 0 Å². The molecule has 1 aromatic carbocycles. The molecule has 0 unspecified atom stereocenters. The molecule has 0 radical (unpaired) electrons. The van der Waals surface area contributed by atoms with Crippen LogP contribution in [0.1, 0.15) is 33.8 Å². The highest BCUT2D eigenvalue weighted by atomic mass is 13.8. The van der Waals surface area contributed by atoms with Crippen molar-refractivity contribution >= 4 is 6.08 Å². The molecule has 0 nitrogen and oxygen atoms in total. The van der Waals surface area contributed by atoms with Crippen molar-refractivity contribution in [2.45, 2.75) is 28.2 Å². The lowest BCUT2D eigenvalue weighted by molar-refractivity contribution is 1.23. The SMILES string of the molecule is C.C.CC/C=C/c1ccccc1. The molecule has 0 atom stereocenters. The molecule has 0 aliphatic rings. The van der Waals surface area contributed by atoms with Crippen LogP contribution in [0.25, 0.3) is 6.08 Å². The van der Waals surface area contributed by atoms with Gasteiger partial charge in [0.15, 0.2) is 0 Å². The molecule has 0 aliphatic carbocycles. The first kappa shape index (κ1) is 13.5. The predicted molar refractivity (Wildman–Crippen MR) is 59.2 cm³/mol. The molecule has 0 saturated heterocycles. The minimum Gasteiger partial charge on any atom is -0.0842 e. The molecular formula is C12H20. The summed E-state index contributed by atoms with van der Waals surface area (Å²) in [6.07, 6.45) is 5.41. The Bertz CT molecular complexity index is 197. The van der Waals surface area contributed by atoms with E-state index in [-0.39, 0.29) is 14.9 Å². The van der Waals surface area contributed by atoms with Gasteiger partial charge in [-0.25, -0.2) is 0 Å².